The first kappa shape index (κ1) is 13.6. The van der Waals surface area contributed by atoms with E-state index in [0.717, 1.165) is 23.4 Å². The van der Waals surface area contributed by atoms with Crippen molar-refractivity contribution in [3.63, 3.8) is 0 Å². The molecule has 1 aromatic carbocycles. The molecule has 1 unspecified atom stereocenters. The van der Waals surface area contributed by atoms with E-state index in [4.69, 9.17) is 0 Å². The Morgan fingerprint density at radius 3 is 2.89 bits per heavy atom. The van der Waals surface area contributed by atoms with Crippen molar-refractivity contribution in [2.24, 2.45) is 0 Å². The predicted molar refractivity (Wildman–Crippen MR) is 75.7 cm³/mol. The van der Waals surface area contributed by atoms with E-state index >= 15 is 0 Å². The molecule has 19 heavy (non-hydrogen) atoms. The summed E-state index contributed by atoms with van der Waals surface area (Å²) < 4.78 is 15.1. The highest BCUT2D eigenvalue weighted by atomic mass is 19.1. The number of nitrogens with zero attached hydrogens (tertiary/aromatic N) is 2. The van der Waals surface area contributed by atoms with Gasteiger partial charge >= 0.3 is 0 Å². The van der Waals surface area contributed by atoms with Crippen molar-refractivity contribution < 1.29 is 4.39 Å². The van der Waals surface area contributed by atoms with Crippen LogP contribution in [0.4, 0.5) is 10.1 Å². The molecule has 1 N–H and O–H groups in total. The fraction of sp³-hybridized carbons (Fsp3) is 0.400. The zero-order valence-corrected chi connectivity index (χ0v) is 11.7. The minimum atomic E-state index is -0.224. The van der Waals surface area contributed by atoms with Crippen molar-refractivity contribution in [1.29, 1.82) is 0 Å². The molecule has 1 atom stereocenters. The fourth-order valence-electron chi connectivity index (χ4n) is 1.87. The quantitative estimate of drug-likeness (QED) is 0.884. The van der Waals surface area contributed by atoms with Crippen molar-refractivity contribution in [3.8, 4) is 0 Å². The van der Waals surface area contributed by atoms with Gasteiger partial charge in [-0.05, 0) is 44.0 Å². The van der Waals surface area contributed by atoms with Gasteiger partial charge in [-0.1, -0.05) is 13.0 Å². The van der Waals surface area contributed by atoms with Gasteiger partial charge in [0, 0.05) is 17.9 Å². The smallest absolute Gasteiger partial charge is 0.125 e. The number of aromatic nitrogens is 2. The Balaban J connectivity index is 2.02. The molecule has 2 rings (SSSR count). The standard InChI is InChI=1S/C15H20FN3/c1-4-12(3)19-8-7-14(18-19)10-17-15-9-13(16)6-5-11(15)2/h5-9,12,17H,4,10H2,1-3H3. The molecule has 3 nitrogen and oxygen atoms in total. The van der Waals surface area contributed by atoms with Crippen LogP contribution in [0.3, 0.4) is 0 Å². The van der Waals surface area contributed by atoms with Crippen molar-refractivity contribution in [2.45, 2.75) is 39.8 Å². The minimum Gasteiger partial charge on any atom is -0.379 e. The van der Waals surface area contributed by atoms with Crippen LogP contribution < -0.4 is 5.32 Å². The number of rotatable bonds is 5. The van der Waals surface area contributed by atoms with Gasteiger partial charge in [-0.25, -0.2) is 4.39 Å². The van der Waals surface area contributed by atoms with E-state index in [9.17, 15) is 4.39 Å². The molecule has 1 heterocycles. The first-order chi connectivity index (χ1) is 9.10. The van der Waals surface area contributed by atoms with E-state index in [0.29, 0.717) is 12.6 Å². The molecule has 0 fully saturated rings. The number of hydrogen-bond donors (Lipinski definition) is 1. The second kappa shape index (κ2) is 5.87. The molecule has 0 saturated carbocycles. The van der Waals surface area contributed by atoms with Gasteiger partial charge in [0.05, 0.1) is 12.2 Å². The van der Waals surface area contributed by atoms with E-state index in [1.54, 1.807) is 6.07 Å². The Labute approximate surface area is 113 Å². The molecule has 1 aromatic heterocycles. The van der Waals surface area contributed by atoms with Gasteiger partial charge < -0.3 is 5.32 Å². The van der Waals surface area contributed by atoms with Gasteiger partial charge in [-0.2, -0.15) is 5.10 Å². The van der Waals surface area contributed by atoms with E-state index in [-0.39, 0.29) is 5.82 Å². The molecule has 4 heteroatoms. The molecule has 2 aromatic rings. The summed E-state index contributed by atoms with van der Waals surface area (Å²) in [5.41, 5.74) is 2.81. The highest BCUT2D eigenvalue weighted by molar-refractivity contribution is 5.50. The third kappa shape index (κ3) is 3.34. The SMILES string of the molecule is CCC(C)n1ccc(CNc2cc(F)ccc2C)n1. The van der Waals surface area contributed by atoms with Crippen LogP contribution in [-0.4, -0.2) is 9.78 Å². The summed E-state index contributed by atoms with van der Waals surface area (Å²) in [6, 6.07) is 7.16. The molecular formula is C15H20FN3. The van der Waals surface area contributed by atoms with Crippen molar-refractivity contribution in [1.82, 2.24) is 9.78 Å². The lowest BCUT2D eigenvalue weighted by Gasteiger charge is -2.09. The van der Waals surface area contributed by atoms with Crippen molar-refractivity contribution in [2.75, 3.05) is 5.32 Å². The van der Waals surface area contributed by atoms with Gasteiger partial charge in [-0.3, -0.25) is 4.68 Å². The van der Waals surface area contributed by atoms with E-state index in [2.05, 4.69) is 24.3 Å². The lowest BCUT2D eigenvalue weighted by atomic mass is 10.2. The van der Waals surface area contributed by atoms with Crippen molar-refractivity contribution in [3.05, 3.63) is 47.5 Å². The normalized spacial score (nSPS) is 12.4. The predicted octanol–water partition coefficient (Wildman–Crippen LogP) is 3.91. The van der Waals surface area contributed by atoms with Gasteiger partial charge in [0.2, 0.25) is 0 Å². The molecular weight excluding hydrogens is 241 g/mol. The van der Waals surface area contributed by atoms with Gasteiger partial charge in [0.15, 0.2) is 0 Å². The second-order valence-electron chi connectivity index (χ2n) is 4.86. The van der Waals surface area contributed by atoms with E-state index < -0.39 is 0 Å². The third-order valence-corrected chi connectivity index (χ3v) is 3.37. The zero-order chi connectivity index (χ0) is 13.8. The summed E-state index contributed by atoms with van der Waals surface area (Å²) >= 11 is 0. The molecule has 0 aliphatic heterocycles. The monoisotopic (exact) mass is 261 g/mol. The summed E-state index contributed by atoms with van der Waals surface area (Å²) in [5.74, 6) is -0.224. The Kier molecular flexibility index (Phi) is 4.20. The average molecular weight is 261 g/mol. The highest BCUT2D eigenvalue weighted by Crippen LogP contribution is 2.17. The molecule has 0 amide bonds. The first-order valence-corrected chi connectivity index (χ1v) is 6.64. The van der Waals surface area contributed by atoms with Crippen LogP contribution in [-0.2, 0) is 6.54 Å². The van der Waals surface area contributed by atoms with Crippen LogP contribution >= 0.6 is 0 Å². The number of halogens is 1. The Hall–Kier alpha value is -1.84. The van der Waals surface area contributed by atoms with Crippen LogP contribution in [0.1, 0.15) is 37.6 Å². The molecule has 0 bridgehead atoms. The molecule has 0 radical (unpaired) electrons. The minimum absolute atomic E-state index is 0.224. The number of hydrogen-bond acceptors (Lipinski definition) is 2. The zero-order valence-electron chi connectivity index (χ0n) is 11.7. The number of anilines is 1. The Bertz CT molecular complexity index is 548. The topological polar surface area (TPSA) is 29.9 Å². The molecule has 102 valence electrons. The Morgan fingerprint density at radius 1 is 1.37 bits per heavy atom. The summed E-state index contributed by atoms with van der Waals surface area (Å²) in [5, 5.41) is 7.73. The van der Waals surface area contributed by atoms with Gasteiger partial charge in [0.1, 0.15) is 5.82 Å². The van der Waals surface area contributed by atoms with Gasteiger partial charge in [0.25, 0.3) is 0 Å². The maximum atomic E-state index is 13.2. The maximum Gasteiger partial charge on any atom is 0.125 e. The molecule has 0 spiro atoms. The van der Waals surface area contributed by atoms with Crippen LogP contribution in [0, 0.1) is 12.7 Å². The number of aryl methyl sites for hydroxylation is 1. The molecule has 0 aliphatic carbocycles. The number of nitrogens with one attached hydrogen (secondary N) is 1. The summed E-state index contributed by atoms with van der Waals surface area (Å²) in [6.07, 6.45) is 3.04. The van der Waals surface area contributed by atoms with Crippen LogP contribution in [0.2, 0.25) is 0 Å². The summed E-state index contributed by atoms with van der Waals surface area (Å²) in [6.45, 7) is 6.84. The Morgan fingerprint density at radius 2 is 2.16 bits per heavy atom. The highest BCUT2D eigenvalue weighted by Gasteiger charge is 2.05. The third-order valence-electron chi connectivity index (χ3n) is 3.37. The molecule has 0 saturated heterocycles. The summed E-state index contributed by atoms with van der Waals surface area (Å²) in [4.78, 5) is 0. The lowest BCUT2D eigenvalue weighted by Crippen LogP contribution is -2.07. The lowest BCUT2D eigenvalue weighted by molar-refractivity contribution is 0.474. The van der Waals surface area contributed by atoms with Crippen LogP contribution in [0.25, 0.3) is 0 Å². The summed E-state index contributed by atoms with van der Waals surface area (Å²) in [7, 11) is 0. The van der Waals surface area contributed by atoms with Gasteiger partial charge in [-0.15, -0.1) is 0 Å². The second-order valence-corrected chi connectivity index (χ2v) is 4.86. The van der Waals surface area contributed by atoms with E-state index in [1.807, 2.05) is 23.9 Å². The fourth-order valence-corrected chi connectivity index (χ4v) is 1.87. The van der Waals surface area contributed by atoms with E-state index in [1.165, 1.54) is 12.1 Å². The van der Waals surface area contributed by atoms with Crippen LogP contribution in [0.15, 0.2) is 30.5 Å². The van der Waals surface area contributed by atoms with Crippen LogP contribution in [0.5, 0.6) is 0 Å². The largest absolute Gasteiger partial charge is 0.379 e. The first-order valence-electron chi connectivity index (χ1n) is 6.64. The average Bonchev–Trinajstić information content (AvgIpc) is 2.88. The number of benzene rings is 1. The van der Waals surface area contributed by atoms with Crippen molar-refractivity contribution >= 4 is 5.69 Å². The molecule has 0 aliphatic rings. The maximum absolute atomic E-state index is 13.2.